The van der Waals surface area contributed by atoms with Crippen LogP contribution in [0.3, 0.4) is 0 Å². The molecule has 6 rings (SSSR count). The van der Waals surface area contributed by atoms with E-state index in [1.807, 2.05) is 48.2 Å². The Labute approximate surface area is 202 Å². The number of benzene rings is 3. The Kier molecular flexibility index (Phi) is 4.99. The monoisotopic (exact) mass is 468 g/mol. The molecule has 3 aromatic carbocycles. The summed E-state index contributed by atoms with van der Waals surface area (Å²) in [5.74, 6) is -0.948. The smallest absolute Gasteiger partial charge is 0.339 e. The quantitative estimate of drug-likeness (QED) is 0.376. The highest BCUT2D eigenvalue weighted by Gasteiger charge is 2.48. The Morgan fingerprint density at radius 2 is 1.71 bits per heavy atom. The van der Waals surface area contributed by atoms with Crippen LogP contribution in [-0.4, -0.2) is 34.4 Å². The van der Waals surface area contributed by atoms with Crippen molar-refractivity contribution in [2.75, 3.05) is 13.1 Å². The Balaban J connectivity index is 1.30. The van der Waals surface area contributed by atoms with Gasteiger partial charge in [0, 0.05) is 54.6 Å². The van der Waals surface area contributed by atoms with Crippen LogP contribution in [0.15, 0.2) is 72.8 Å². The predicted octanol–water partition coefficient (Wildman–Crippen LogP) is 5.44. The minimum atomic E-state index is -0.784. The lowest BCUT2D eigenvalue weighted by Crippen LogP contribution is -2.45. The summed E-state index contributed by atoms with van der Waals surface area (Å²) in [7, 11) is 0. The zero-order chi connectivity index (χ0) is 24.2. The van der Waals surface area contributed by atoms with Crippen molar-refractivity contribution >= 4 is 22.8 Å². The van der Waals surface area contributed by atoms with E-state index in [9.17, 15) is 14.0 Å². The van der Waals surface area contributed by atoms with E-state index in [0.717, 1.165) is 27.7 Å². The molecule has 176 valence electrons. The highest BCUT2D eigenvalue weighted by molar-refractivity contribution is 6.08. The summed E-state index contributed by atoms with van der Waals surface area (Å²) in [5.41, 5.74) is 4.11. The second-order valence-electron chi connectivity index (χ2n) is 9.42. The van der Waals surface area contributed by atoms with Crippen LogP contribution in [-0.2, 0) is 16.9 Å². The average Bonchev–Trinajstić information content (AvgIpc) is 3.30. The summed E-state index contributed by atoms with van der Waals surface area (Å²) < 4.78 is 21.7. The number of nitrogens with zero attached hydrogens (tertiary/aromatic N) is 2. The summed E-state index contributed by atoms with van der Waals surface area (Å²) in [6.07, 6.45) is 0.982. The Hall–Kier alpha value is -3.93. The molecular weight excluding hydrogens is 443 g/mol. The number of hydrogen-bond acceptors (Lipinski definition) is 3. The van der Waals surface area contributed by atoms with Gasteiger partial charge in [0.25, 0.3) is 5.91 Å². The zero-order valence-electron chi connectivity index (χ0n) is 19.5. The highest BCUT2D eigenvalue weighted by Crippen LogP contribution is 2.44. The highest BCUT2D eigenvalue weighted by atomic mass is 19.1. The van der Waals surface area contributed by atoms with E-state index in [1.54, 1.807) is 6.07 Å². The third kappa shape index (κ3) is 3.43. The summed E-state index contributed by atoms with van der Waals surface area (Å²) in [4.78, 5) is 28.1. The van der Waals surface area contributed by atoms with Gasteiger partial charge in [-0.05, 0) is 30.7 Å². The predicted molar refractivity (Wildman–Crippen MR) is 131 cm³/mol. The van der Waals surface area contributed by atoms with Crippen LogP contribution in [0.25, 0.3) is 10.9 Å². The number of carbonyl (C=O) groups is 2. The number of likely N-dealkylation sites (tertiary alicyclic amines) is 1. The number of piperidine rings is 1. The molecule has 0 atom stereocenters. The van der Waals surface area contributed by atoms with Crippen molar-refractivity contribution in [2.45, 2.75) is 31.9 Å². The van der Waals surface area contributed by atoms with Gasteiger partial charge in [-0.2, -0.15) is 0 Å². The van der Waals surface area contributed by atoms with E-state index in [0.29, 0.717) is 38.0 Å². The first-order valence-electron chi connectivity index (χ1n) is 11.9. The van der Waals surface area contributed by atoms with E-state index in [-0.39, 0.29) is 5.91 Å². The zero-order valence-corrected chi connectivity index (χ0v) is 19.5. The Morgan fingerprint density at radius 1 is 1.00 bits per heavy atom. The molecule has 1 saturated heterocycles. The summed E-state index contributed by atoms with van der Waals surface area (Å²) in [6.45, 7) is 3.61. The first-order chi connectivity index (χ1) is 17.0. The molecular formula is C29H25FN2O3. The number of amides is 1. The van der Waals surface area contributed by atoms with E-state index in [2.05, 4.69) is 22.8 Å². The number of aromatic nitrogens is 1. The number of fused-ring (bicyclic) bond motifs is 3. The number of esters is 1. The van der Waals surface area contributed by atoms with Crippen LogP contribution >= 0.6 is 0 Å². The van der Waals surface area contributed by atoms with E-state index in [1.165, 1.54) is 17.7 Å². The lowest BCUT2D eigenvalue weighted by molar-refractivity contribution is -0.0389. The van der Waals surface area contributed by atoms with Crippen molar-refractivity contribution in [3.05, 3.63) is 107 Å². The molecule has 0 N–H and O–H groups in total. The van der Waals surface area contributed by atoms with Crippen LogP contribution in [0.2, 0.25) is 0 Å². The maximum Gasteiger partial charge on any atom is 0.339 e. The number of para-hydroxylation sites is 1. The van der Waals surface area contributed by atoms with Crippen molar-refractivity contribution in [3.8, 4) is 0 Å². The molecule has 3 heterocycles. The second-order valence-corrected chi connectivity index (χ2v) is 9.42. The average molecular weight is 469 g/mol. The number of rotatable bonds is 3. The fourth-order valence-electron chi connectivity index (χ4n) is 5.64. The number of hydrogen-bond donors (Lipinski definition) is 0. The molecule has 2 aliphatic heterocycles. The largest absolute Gasteiger partial charge is 0.450 e. The van der Waals surface area contributed by atoms with Crippen LogP contribution in [0.1, 0.15) is 50.4 Å². The minimum absolute atomic E-state index is 0.0102. The standard InChI is InChI=1S/C29H25FN2O3/c1-19-26(22-9-5-6-10-25(22)32(19)18-20-7-3-2-4-8-20)27(33)31-15-13-29(14-16-31)24-12-11-21(30)17-23(24)28(34)35-29/h2-12,17H,13-16,18H2,1H3. The Morgan fingerprint density at radius 3 is 2.49 bits per heavy atom. The van der Waals surface area contributed by atoms with Gasteiger partial charge in [-0.15, -0.1) is 0 Å². The molecule has 0 aliphatic carbocycles. The molecule has 1 spiro atoms. The van der Waals surface area contributed by atoms with Gasteiger partial charge in [0.1, 0.15) is 11.4 Å². The molecule has 0 saturated carbocycles. The fourth-order valence-corrected chi connectivity index (χ4v) is 5.64. The molecule has 0 radical (unpaired) electrons. The van der Waals surface area contributed by atoms with Gasteiger partial charge in [-0.1, -0.05) is 54.6 Å². The van der Waals surface area contributed by atoms with Crippen molar-refractivity contribution in [1.29, 1.82) is 0 Å². The van der Waals surface area contributed by atoms with Gasteiger partial charge in [-0.25, -0.2) is 9.18 Å². The molecule has 1 amide bonds. The molecule has 4 aromatic rings. The van der Waals surface area contributed by atoms with E-state index in [4.69, 9.17) is 4.74 Å². The lowest BCUT2D eigenvalue weighted by atomic mass is 9.83. The molecule has 1 aromatic heterocycles. The van der Waals surface area contributed by atoms with Gasteiger partial charge in [0.05, 0.1) is 11.1 Å². The van der Waals surface area contributed by atoms with Crippen LogP contribution in [0.4, 0.5) is 4.39 Å². The van der Waals surface area contributed by atoms with Crippen LogP contribution < -0.4 is 0 Å². The maximum absolute atomic E-state index is 13.8. The Bertz CT molecular complexity index is 1470. The SMILES string of the molecule is Cc1c(C(=O)N2CCC3(CC2)OC(=O)c2cc(F)ccc23)c2ccccc2n1Cc1ccccc1. The van der Waals surface area contributed by atoms with Gasteiger partial charge in [-0.3, -0.25) is 4.79 Å². The summed E-state index contributed by atoms with van der Waals surface area (Å²) >= 11 is 0. The van der Waals surface area contributed by atoms with E-state index < -0.39 is 17.4 Å². The van der Waals surface area contributed by atoms with Crippen LogP contribution in [0, 0.1) is 12.7 Å². The number of carbonyl (C=O) groups excluding carboxylic acids is 2. The third-order valence-corrected chi connectivity index (χ3v) is 7.47. The van der Waals surface area contributed by atoms with Crippen molar-refractivity contribution in [3.63, 3.8) is 0 Å². The number of ether oxygens (including phenoxy) is 1. The van der Waals surface area contributed by atoms with E-state index >= 15 is 0 Å². The van der Waals surface area contributed by atoms with Gasteiger partial charge < -0.3 is 14.2 Å². The molecule has 35 heavy (non-hydrogen) atoms. The molecule has 0 unspecified atom stereocenters. The molecule has 5 nitrogen and oxygen atoms in total. The van der Waals surface area contributed by atoms with Crippen molar-refractivity contribution < 1.29 is 18.7 Å². The molecule has 0 bridgehead atoms. The maximum atomic E-state index is 13.8. The first kappa shape index (κ1) is 21.6. The van der Waals surface area contributed by atoms with Crippen molar-refractivity contribution in [2.24, 2.45) is 0 Å². The summed E-state index contributed by atoms with van der Waals surface area (Å²) in [5, 5.41) is 0.944. The fraction of sp³-hybridized carbons (Fsp3) is 0.241. The van der Waals surface area contributed by atoms with Gasteiger partial charge in [0.15, 0.2) is 0 Å². The summed E-state index contributed by atoms with van der Waals surface area (Å²) in [6, 6.07) is 22.5. The van der Waals surface area contributed by atoms with Crippen molar-refractivity contribution in [1.82, 2.24) is 9.47 Å². The second kappa shape index (κ2) is 8.08. The molecule has 1 fully saturated rings. The lowest BCUT2D eigenvalue weighted by Gasteiger charge is -2.38. The molecule has 6 heteroatoms. The normalized spacial score (nSPS) is 16.5. The van der Waals surface area contributed by atoms with Gasteiger partial charge >= 0.3 is 5.97 Å². The van der Waals surface area contributed by atoms with Gasteiger partial charge in [0.2, 0.25) is 0 Å². The third-order valence-electron chi connectivity index (χ3n) is 7.47. The molecule has 2 aliphatic rings. The minimum Gasteiger partial charge on any atom is -0.450 e. The number of halogens is 1. The van der Waals surface area contributed by atoms with Crippen LogP contribution in [0.5, 0.6) is 0 Å². The topological polar surface area (TPSA) is 51.5 Å². The first-order valence-corrected chi connectivity index (χ1v) is 11.9.